The highest BCUT2D eigenvalue weighted by Crippen LogP contribution is 2.39. The molecule has 1 N–H and O–H groups in total. The molecule has 0 radical (unpaired) electrons. The third kappa shape index (κ3) is 6.37. The lowest BCUT2D eigenvalue weighted by atomic mass is 9.94. The Labute approximate surface area is 236 Å². The molecule has 1 aliphatic rings. The number of likely N-dealkylation sites (tertiary alicyclic amines) is 1. The minimum Gasteiger partial charge on any atom is -0.872 e. The molecule has 40 heavy (non-hydrogen) atoms. The molecule has 1 atom stereocenters. The second-order valence-corrected chi connectivity index (χ2v) is 9.93. The number of amides is 1. The average molecular weight is 543 g/mol. The maximum atomic E-state index is 14.0. The molecular formula is C33H38N2O5. The number of nitrogens with zero attached hydrogens (tertiary/aromatic N) is 1. The zero-order valence-electron chi connectivity index (χ0n) is 23.7. The van der Waals surface area contributed by atoms with Crippen LogP contribution in [0.4, 0.5) is 0 Å². The molecule has 0 aromatic heterocycles. The number of Topliss-reactive ketones (excluding diaryl/α,β-unsaturated/α-hetero) is 1. The van der Waals surface area contributed by atoms with Crippen LogP contribution in [0.2, 0.25) is 0 Å². The summed E-state index contributed by atoms with van der Waals surface area (Å²) in [6, 6.07) is 21.6. The molecular weight excluding hydrogens is 504 g/mol. The van der Waals surface area contributed by atoms with E-state index in [-0.39, 0.29) is 5.57 Å². The van der Waals surface area contributed by atoms with Crippen LogP contribution in [-0.2, 0) is 16.2 Å². The van der Waals surface area contributed by atoms with Crippen molar-refractivity contribution in [3.05, 3.63) is 101 Å². The molecule has 1 unspecified atom stereocenters. The van der Waals surface area contributed by atoms with E-state index in [1.165, 1.54) is 4.90 Å². The molecule has 0 bridgehead atoms. The first-order chi connectivity index (χ1) is 19.4. The van der Waals surface area contributed by atoms with Crippen LogP contribution in [0.3, 0.4) is 0 Å². The quantitative estimate of drug-likeness (QED) is 0.216. The molecule has 7 heteroatoms. The maximum Gasteiger partial charge on any atom is 0.295 e. The van der Waals surface area contributed by atoms with E-state index in [4.69, 9.17) is 9.47 Å². The Kier molecular flexibility index (Phi) is 9.61. The fourth-order valence-electron chi connectivity index (χ4n) is 5.11. The Morgan fingerprint density at radius 3 is 2.20 bits per heavy atom. The summed E-state index contributed by atoms with van der Waals surface area (Å²) in [7, 11) is 0. The monoisotopic (exact) mass is 542 g/mol. The van der Waals surface area contributed by atoms with Crippen molar-refractivity contribution in [3.8, 4) is 11.5 Å². The molecule has 1 aliphatic heterocycles. The summed E-state index contributed by atoms with van der Waals surface area (Å²) in [5.41, 5.74) is 2.80. The largest absolute Gasteiger partial charge is 0.872 e. The molecule has 1 saturated heterocycles. The van der Waals surface area contributed by atoms with E-state index in [0.717, 1.165) is 18.7 Å². The summed E-state index contributed by atoms with van der Waals surface area (Å²) < 4.78 is 11.5. The molecule has 3 aromatic rings. The van der Waals surface area contributed by atoms with Gasteiger partial charge < -0.3 is 24.4 Å². The zero-order chi connectivity index (χ0) is 28.6. The lowest BCUT2D eigenvalue weighted by Gasteiger charge is -2.29. The van der Waals surface area contributed by atoms with Crippen LogP contribution in [0.5, 0.6) is 11.5 Å². The predicted molar refractivity (Wildman–Crippen MR) is 153 cm³/mol. The molecule has 210 valence electrons. The Morgan fingerprint density at radius 2 is 1.57 bits per heavy atom. The van der Waals surface area contributed by atoms with Crippen LogP contribution < -0.4 is 19.5 Å². The SMILES string of the molecule is CCOc1ccc(C2C(=C([O-])c3ccc(OCc4ccccc4)cc3C)C(=O)C(=O)N2CC[NH+](CC)CC)cc1. The van der Waals surface area contributed by atoms with E-state index in [1.807, 2.05) is 68.4 Å². The average Bonchev–Trinajstić information content (AvgIpc) is 3.22. The third-order valence-electron chi connectivity index (χ3n) is 7.43. The van der Waals surface area contributed by atoms with Crippen LogP contribution in [0.15, 0.2) is 78.4 Å². The van der Waals surface area contributed by atoms with Gasteiger partial charge in [0.2, 0.25) is 5.78 Å². The van der Waals surface area contributed by atoms with Crippen molar-refractivity contribution in [1.29, 1.82) is 0 Å². The van der Waals surface area contributed by atoms with Crippen LogP contribution in [0, 0.1) is 6.92 Å². The molecule has 0 aliphatic carbocycles. The van der Waals surface area contributed by atoms with E-state index in [0.29, 0.717) is 54.5 Å². The number of likely N-dealkylation sites (N-methyl/N-ethyl adjacent to an activating group) is 1. The minimum atomic E-state index is -0.758. The first-order valence-electron chi connectivity index (χ1n) is 14.0. The highest BCUT2D eigenvalue weighted by molar-refractivity contribution is 6.46. The zero-order valence-corrected chi connectivity index (χ0v) is 23.7. The molecule has 1 amide bonds. The second-order valence-electron chi connectivity index (χ2n) is 9.93. The van der Waals surface area contributed by atoms with Crippen molar-refractivity contribution >= 4 is 17.4 Å². The lowest BCUT2D eigenvalue weighted by Crippen LogP contribution is -3.12. The van der Waals surface area contributed by atoms with Crippen molar-refractivity contribution in [1.82, 2.24) is 4.90 Å². The van der Waals surface area contributed by atoms with Gasteiger partial charge >= 0.3 is 0 Å². The fourth-order valence-corrected chi connectivity index (χ4v) is 5.11. The molecule has 7 nitrogen and oxygen atoms in total. The molecule has 0 saturated carbocycles. The lowest BCUT2D eigenvalue weighted by molar-refractivity contribution is -0.895. The number of carbonyl (C=O) groups excluding carboxylic acids is 2. The molecule has 1 fully saturated rings. The van der Waals surface area contributed by atoms with Crippen LogP contribution in [-0.4, -0.2) is 49.4 Å². The van der Waals surface area contributed by atoms with E-state index in [9.17, 15) is 14.7 Å². The van der Waals surface area contributed by atoms with Crippen molar-refractivity contribution in [2.75, 3.05) is 32.8 Å². The Balaban J connectivity index is 1.69. The summed E-state index contributed by atoms with van der Waals surface area (Å²) in [5, 5.41) is 14.0. The van der Waals surface area contributed by atoms with Gasteiger partial charge in [0.15, 0.2) is 0 Å². The van der Waals surface area contributed by atoms with Gasteiger partial charge in [-0.1, -0.05) is 54.3 Å². The number of hydrogen-bond acceptors (Lipinski definition) is 5. The Hall–Kier alpha value is -4.10. The van der Waals surface area contributed by atoms with Gasteiger partial charge in [0.05, 0.1) is 38.8 Å². The van der Waals surface area contributed by atoms with Gasteiger partial charge in [0.1, 0.15) is 18.1 Å². The smallest absolute Gasteiger partial charge is 0.295 e. The number of hydrogen-bond donors (Lipinski definition) is 1. The van der Waals surface area contributed by atoms with Crippen molar-refractivity contribution in [3.63, 3.8) is 0 Å². The number of nitrogens with one attached hydrogen (secondary N) is 1. The third-order valence-corrected chi connectivity index (χ3v) is 7.43. The summed E-state index contributed by atoms with van der Waals surface area (Å²) >= 11 is 0. The predicted octanol–water partition coefficient (Wildman–Crippen LogP) is 3.12. The van der Waals surface area contributed by atoms with Gasteiger partial charge in [-0.3, -0.25) is 9.59 Å². The summed E-state index contributed by atoms with van der Waals surface area (Å²) in [4.78, 5) is 29.6. The molecule has 1 heterocycles. The number of benzene rings is 3. The molecule has 3 aromatic carbocycles. The van der Waals surface area contributed by atoms with Gasteiger partial charge in [-0.05, 0) is 74.2 Å². The maximum absolute atomic E-state index is 14.0. The van der Waals surface area contributed by atoms with E-state index in [1.54, 1.807) is 23.1 Å². The Bertz CT molecular complexity index is 1350. The van der Waals surface area contributed by atoms with E-state index >= 15 is 0 Å². The van der Waals surface area contributed by atoms with Crippen LogP contribution in [0.1, 0.15) is 49.1 Å². The van der Waals surface area contributed by atoms with Crippen molar-refractivity contribution in [2.45, 2.75) is 40.3 Å². The summed E-state index contributed by atoms with van der Waals surface area (Å²) in [6.07, 6.45) is 0. The van der Waals surface area contributed by atoms with E-state index < -0.39 is 23.5 Å². The molecule has 0 spiro atoms. The van der Waals surface area contributed by atoms with E-state index in [2.05, 4.69) is 13.8 Å². The van der Waals surface area contributed by atoms with Gasteiger partial charge in [0.25, 0.3) is 5.91 Å². The summed E-state index contributed by atoms with van der Waals surface area (Å²) in [6.45, 7) is 11.7. The van der Waals surface area contributed by atoms with Gasteiger partial charge in [-0.2, -0.15) is 0 Å². The van der Waals surface area contributed by atoms with Crippen molar-refractivity contribution in [2.24, 2.45) is 0 Å². The standard InChI is InChI=1S/C33H38N2O5/c1-5-34(6-2)19-20-35-30(25-13-15-26(16-14-25)39-7-3)29(32(37)33(35)38)31(36)28-18-17-27(21-23(28)4)40-22-24-11-9-8-10-12-24/h8-18,21,30,36H,5-7,19-20,22H2,1-4H3. The number of quaternary nitrogens is 1. The highest BCUT2D eigenvalue weighted by atomic mass is 16.5. The first-order valence-corrected chi connectivity index (χ1v) is 14.0. The Morgan fingerprint density at radius 1 is 0.900 bits per heavy atom. The number of rotatable bonds is 12. The number of carbonyl (C=O) groups is 2. The van der Waals surface area contributed by atoms with Crippen LogP contribution in [0.25, 0.3) is 5.76 Å². The van der Waals surface area contributed by atoms with Gasteiger partial charge in [-0.25, -0.2) is 0 Å². The number of ether oxygens (including phenoxy) is 2. The molecule has 4 rings (SSSR count). The first kappa shape index (κ1) is 28.9. The number of aryl methyl sites for hydroxylation is 1. The van der Waals surface area contributed by atoms with Crippen molar-refractivity contribution < 1.29 is 29.1 Å². The number of ketones is 1. The fraction of sp³-hybridized carbons (Fsp3) is 0.333. The topological polar surface area (TPSA) is 83.3 Å². The van der Waals surface area contributed by atoms with Crippen LogP contribution >= 0.6 is 0 Å². The highest BCUT2D eigenvalue weighted by Gasteiger charge is 2.44. The minimum absolute atomic E-state index is 0.00948. The summed E-state index contributed by atoms with van der Waals surface area (Å²) in [5.74, 6) is -0.474. The normalized spacial score (nSPS) is 16.5. The van der Waals surface area contributed by atoms with Gasteiger partial charge in [-0.15, -0.1) is 0 Å². The van der Waals surface area contributed by atoms with Gasteiger partial charge in [0, 0.05) is 5.57 Å². The second kappa shape index (κ2) is 13.3.